The molecule has 0 N–H and O–H groups in total. The van der Waals surface area contributed by atoms with Crippen molar-refractivity contribution in [3.05, 3.63) is 109 Å². The first kappa shape index (κ1) is 56.1. The summed E-state index contributed by atoms with van der Waals surface area (Å²) in [6.07, 6.45) is 63.7. The second-order valence-corrected chi connectivity index (χ2v) is 15.2. The number of esters is 3. The Hall–Kier alpha value is -3.93. The second-order valence-electron chi connectivity index (χ2n) is 15.2. The van der Waals surface area contributed by atoms with Gasteiger partial charge in [-0.15, -0.1) is 0 Å². The average Bonchev–Trinajstić information content (AvgIpc) is 3.24. The molecule has 0 saturated carbocycles. The van der Waals surface area contributed by atoms with Crippen molar-refractivity contribution in [2.24, 2.45) is 0 Å². The molecule has 6 heteroatoms. The number of hydrogen-bond acceptors (Lipinski definition) is 6. The smallest absolute Gasteiger partial charge is 0.306 e. The van der Waals surface area contributed by atoms with Crippen molar-refractivity contribution >= 4 is 17.9 Å². The van der Waals surface area contributed by atoms with Gasteiger partial charge in [-0.2, -0.15) is 0 Å². The molecule has 0 bridgehead atoms. The summed E-state index contributed by atoms with van der Waals surface area (Å²) in [7, 11) is 0. The third-order valence-electron chi connectivity index (χ3n) is 9.52. The van der Waals surface area contributed by atoms with Crippen LogP contribution in [0.3, 0.4) is 0 Å². The van der Waals surface area contributed by atoms with E-state index in [4.69, 9.17) is 14.2 Å². The molecule has 0 aromatic heterocycles. The van der Waals surface area contributed by atoms with Crippen molar-refractivity contribution in [3.63, 3.8) is 0 Å². The molecule has 0 heterocycles. The molecular formula is C54H86O6. The van der Waals surface area contributed by atoms with Crippen molar-refractivity contribution < 1.29 is 28.6 Å². The maximum Gasteiger partial charge on any atom is 0.306 e. The number of ether oxygens (including phenoxy) is 3. The van der Waals surface area contributed by atoms with Gasteiger partial charge < -0.3 is 14.2 Å². The number of rotatable bonds is 41. The lowest BCUT2D eigenvalue weighted by Crippen LogP contribution is -2.30. The lowest BCUT2D eigenvalue weighted by molar-refractivity contribution is -0.166. The molecule has 1 unspecified atom stereocenters. The average molecular weight is 831 g/mol. The van der Waals surface area contributed by atoms with E-state index in [9.17, 15) is 14.4 Å². The molecule has 0 aliphatic rings. The Morgan fingerprint density at radius 2 is 0.633 bits per heavy atom. The predicted molar refractivity (Wildman–Crippen MR) is 256 cm³/mol. The van der Waals surface area contributed by atoms with Crippen molar-refractivity contribution in [1.82, 2.24) is 0 Å². The van der Waals surface area contributed by atoms with Gasteiger partial charge in [-0.05, 0) is 103 Å². The van der Waals surface area contributed by atoms with E-state index in [1.807, 2.05) is 12.2 Å². The van der Waals surface area contributed by atoms with Crippen LogP contribution in [0.5, 0.6) is 0 Å². The van der Waals surface area contributed by atoms with Gasteiger partial charge in [0.2, 0.25) is 0 Å². The fourth-order valence-corrected chi connectivity index (χ4v) is 6.04. The molecule has 0 aliphatic carbocycles. The summed E-state index contributed by atoms with van der Waals surface area (Å²) >= 11 is 0. The fraction of sp³-hybridized carbons (Fsp3) is 0.611. The lowest BCUT2D eigenvalue weighted by atomic mass is 10.1. The number of carbonyl (C=O) groups excluding carboxylic acids is 3. The molecule has 0 aromatic rings. The monoisotopic (exact) mass is 831 g/mol. The Kier molecular flexibility index (Phi) is 44.6. The Labute approximate surface area is 368 Å². The molecule has 0 rings (SSSR count). The molecule has 0 aliphatic heterocycles. The van der Waals surface area contributed by atoms with Crippen LogP contribution in [0, 0.1) is 0 Å². The molecule has 0 spiro atoms. The highest BCUT2D eigenvalue weighted by Crippen LogP contribution is 2.13. The molecule has 60 heavy (non-hydrogen) atoms. The Morgan fingerprint density at radius 1 is 0.333 bits per heavy atom. The maximum atomic E-state index is 12.8. The third-order valence-corrected chi connectivity index (χ3v) is 9.52. The molecule has 0 saturated heterocycles. The van der Waals surface area contributed by atoms with E-state index in [1.165, 1.54) is 25.7 Å². The van der Waals surface area contributed by atoms with Gasteiger partial charge in [0, 0.05) is 19.3 Å². The van der Waals surface area contributed by atoms with Gasteiger partial charge in [-0.1, -0.05) is 182 Å². The van der Waals surface area contributed by atoms with Crippen LogP contribution in [0.1, 0.15) is 194 Å². The zero-order valence-electron chi connectivity index (χ0n) is 38.4. The van der Waals surface area contributed by atoms with E-state index in [0.29, 0.717) is 19.3 Å². The highest BCUT2D eigenvalue weighted by molar-refractivity contribution is 5.71. The van der Waals surface area contributed by atoms with Gasteiger partial charge in [-0.3, -0.25) is 14.4 Å². The van der Waals surface area contributed by atoms with Crippen molar-refractivity contribution in [1.29, 1.82) is 0 Å². The molecule has 1 atom stereocenters. The van der Waals surface area contributed by atoms with Crippen LogP contribution in [-0.4, -0.2) is 37.2 Å². The van der Waals surface area contributed by atoms with Crippen molar-refractivity contribution in [2.75, 3.05) is 13.2 Å². The first-order valence-corrected chi connectivity index (χ1v) is 23.9. The first-order chi connectivity index (χ1) is 29.5. The van der Waals surface area contributed by atoms with Gasteiger partial charge in [0.15, 0.2) is 6.10 Å². The minimum atomic E-state index is -0.818. The first-order valence-electron chi connectivity index (χ1n) is 23.9. The van der Waals surface area contributed by atoms with Gasteiger partial charge in [0.25, 0.3) is 0 Å². The molecule has 0 amide bonds. The van der Waals surface area contributed by atoms with Crippen LogP contribution in [0.15, 0.2) is 109 Å². The maximum absolute atomic E-state index is 12.8. The normalized spacial score (nSPS) is 13.1. The van der Waals surface area contributed by atoms with Gasteiger partial charge in [0.05, 0.1) is 0 Å². The van der Waals surface area contributed by atoms with E-state index >= 15 is 0 Å². The summed E-state index contributed by atoms with van der Waals surface area (Å²) in [6.45, 7) is 6.20. The Morgan fingerprint density at radius 3 is 1.03 bits per heavy atom. The largest absolute Gasteiger partial charge is 0.462 e. The molecule has 0 aromatic carbocycles. The van der Waals surface area contributed by atoms with Gasteiger partial charge in [-0.25, -0.2) is 0 Å². The van der Waals surface area contributed by atoms with E-state index in [1.54, 1.807) is 0 Å². The van der Waals surface area contributed by atoms with Crippen LogP contribution in [0.2, 0.25) is 0 Å². The summed E-state index contributed by atoms with van der Waals surface area (Å²) in [5.74, 6) is -1.03. The van der Waals surface area contributed by atoms with Crippen LogP contribution >= 0.6 is 0 Å². The minimum Gasteiger partial charge on any atom is -0.462 e. The summed E-state index contributed by atoms with van der Waals surface area (Å²) in [4.78, 5) is 37.8. The van der Waals surface area contributed by atoms with E-state index in [-0.39, 0.29) is 37.5 Å². The molecule has 6 nitrogen and oxygen atoms in total. The number of allylic oxidation sites excluding steroid dienone is 18. The van der Waals surface area contributed by atoms with Crippen molar-refractivity contribution in [3.8, 4) is 0 Å². The minimum absolute atomic E-state index is 0.114. The molecule has 0 radical (unpaired) electrons. The highest BCUT2D eigenvalue weighted by Gasteiger charge is 2.19. The second kappa shape index (κ2) is 47.7. The zero-order chi connectivity index (χ0) is 43.7. The topological polar surface area (TPSA) is 78.9 Å². The number of hydrogen-bond donors (Lipinski definition) is 0. The van der Waals surface area contributed by atoms with Crippen LogP contribution in [0.4, 0.5) is 0 Å². The van der Waals surface area contributed by atoms with E-state index in [0.717, 1.165) is 122 Å². The van der Waals surface area contributed by atoms with Gasteiger partial charge in [0.1, 0.15) is 13.2 Å². The van der Waals surface area contributed by atoms with E-state index in [2.05, 4.69) is 118 Å². The summed E-state index contributed by atoms with van der Waals surface area (Å²) in [5.41, 5.74) is 0. The predicted octanol–water partition coefficient (Wildman–Crippen LogP) is 15.6. The highest BCUT2D eigenvalue weighted by atomic mass is 16.6. The SMILES string of the molecule is CC/C=C\C/C=C\C/C=C\C/C=C\C/C=C\CCC(=O)OCC(COC(=O)CCCCCCC/C=C\C/C=C\CC)OC(=O)CCCCCCCCC/C=C\C/C=C\CC. The molecule has 0 fully saturated rings. The quantitative estimate of drug-likeness (QED) is 0.0264. The molecular weight excluding hydrogens is 745 g/mol. The third kappa shape index (κ3) is 45.2. The summed E-state index contributed by atoms with van der Waals surface area (Å²) in [5, 5.41) is 0. The van der Waals surface area contributed by atoms with Crippen LogP contribution in [-0.2, 0) is 28.6 Å². The summed E-state index contributed by atoms with van der Waals surface area (Å²) in [6, 6.07) is 0. The standard InChI is InChI=1S/C54H86O6/c1-4-7-10-13-16-19-22-25-27-28-30-32-35-38-41-44-47-53(56)59-50-51(49-58-52(55)46-43-40-37-34-31-24-21-18-15-12-9-6-3)60-54(57)48-45-42-39-36-33-29-26-23-20-17-14-11-8-5-2/h7-12,16-21,25,27,30,32,38,41,51H,4-6,13-15,22-24,26,28-29,31,33-37,39-40,42-50H2,1-3H3/b10-7-,11-8-,12-9-,19-16-,20-17-,21-18-,27-25-,32-30-,41-38-. The number of unbranched alkanes of at least 4 members (excludes halogenated alkanes) is 12. The zero-order valence-corrected chi connectivity index (χ0v) is 38.4. The van der Waals surface area contributed by atoms with Crippen LogP contribution < -0.4 is 0 Å². The van der Waals surface area contributed by atoms with Crippen molar-refractivity contribution in [2.45, 2.75) is 200 Å². The lowest BCUT2D eigenvalue weighted by Gasteiger charge is -2.18. The van der Waals surface area contributed by atoms with Gasteiger partial charge >= 0.3 is 17.9 Å². The Balaban J connectivity index is 4.54. The fourth-order valence-electron chi connectivity index (χ4n) is 6.04. The van der Waals surface area contributed by atoms with E-state index < -0.39 is 6.10 Å². The Bertz CT molecular complexity index is 1280. The molecule has 338 valence electrons. The summed E-state index contributed by atoms with van der Waals surface area (Å²) < 4.78 is 16.7. The number of carbonyl (C=O) groups is 3. The van der Waals surface area contributed by atoms with Crippen LogP contribution in [0.25, 0.3) is 0 Å².